The second-order valence-electron chi connectivity index (χ2n) is 4.43. The Balaban J connectivity index is 2.60. The molecule has 1 aromatic rings. The van der Waals surface area contributed by atoms with Gasteiger partial charge in [-0.15, -0.1) is 11.3 Å². The molecule has 0 amide bonds. The highest BCUT2D eigenvalue weighted by atomic mass is 32.1. The van der Waals surface area contributed by atoms with E-state index < -0.39 is 0 Å². The Kier molecular flexibility index (Phi) is 5.38. The molecule has 92 valence electrons. The van der Waals surface area contributed by atoms with Crippen LogP contribution in [0.25, 0.3) is 0 Å². The molecule has 4 heteroatoms. The number of nitrogens with one attached hydrogen (secondary N) is 1. The topological polar surface area (TPSA) is 45.1 Å². The normalized spacial score (nSPS) is 17.0. The Labute approximate surface area is 102 Å². The summed E-state index contributed by atoms with van der Waals surface area (Å²) < 4.78 is 0. The van der Waals surface area contributed by atoms with Gasteiger partial charge in [-0.05, 0) is 33.1 Å². The standard InChI is InChI=1S/C12H22N2OS/c1-4-12(3,11-13-7-9-16-11)14-10(2)6-5-8-15/h7,9-10,14-15H,4-6,8H2,1-3H3. The number of hydrogen-bond acceptors (Lipinski definition) is 4. The number of nitrogens with zero attached hydrogens (tertiary/aromatic N) is 1. The maximum absolute atomic E-state index is 8.82. The Morgan fingerprint density at radius 2 is 2.38 bits per heavy atom. The summed E-state index contributed by atoms with van der Waals surface area (Å²) in [6, 6.07) is 0.404. The molecule has 1 heterocycles. The number of aliphatic hydroxyl groups excluding tert-OH is 1. The second kappa shape index (κ2) is 6.33. The fourth-order valence-corrected chi connectivity index (χ4v) is 2.66. The van der Waals surface area contributed by atoms with E-state index in [1.165, 1.54) is 0 Å². The largest absolute Gasteiger partial charge is 0.396 e. The molecule has 0 radical (unpaired) electrons. The van der Waals surface area contributed by atoms with Gasteiger partial charge in [0.15, 0.2) is 0 Å². The first kappa shape index (κ1) is 13.6. The van der Waals surface area contributed by atoms with Crippen molar-refractivity contribution in [1.82, 2.24) is 10.3 Å². The van der Waals surface area contributed by atoms with Crippen LogP contribution in [0.5, 0.6) is 0 Å². The van der Waals surface area contributed by atoms with Crippen molar-refractivity contribution < 1.29 is 5.11 Å². The van der Waals surface area contributed by atoms with E-state index in [-0.39, 0.29) is 12.1 Å². The van der Waals surface area contributed by atoms with E-state index >= 15 is 0 Å². The van der Waals surface area contributed by atoms with E-state index in [0.717, 1.165) is 24.3 Å². The molecule has 0 bridgehead atoms. The lowest BCUT2D eigenvalue weighted by Crippen LogP contribution is -2.44. The maximum atomic E-state index is 8.82. The van der Waals surface area contributed by atoms with Gasteiger partial charge in [-0.25, -0.2) is 4.98 Å². The molecule has 0 fully saturated rings. The van der Waals surface area contributed by atoms with Crippen LogP contribution in [-0.4, -0.2) is 22.7 Å². The van der Waals surface area contributed by atoms with Gasteiger partial charge in [-0.3, -0.25) is 0 Å². The van der Waals surface area contributed by atoms with E-state index in [4.69, 9.17) is 5.11 Å². The third kappa shape index (κ3) is 3.54. The molecule has 0 aliphatic heterocycles. The van der Waals surface area contributed by atoms with Crippen LogP contribution in [0.15, 0.2) is 11.6 Å². The van der Waals surface area contributed by atoms with Crippen molar-refractivity contribution in [2.24, 2.45) is 0 Å². The monoisotopic (exact) mass is 242 g/mol. The third-order valence-electron chi connectivity index (χ3n) is 2.97. The van der Waals surface area contributed by atoms with Crippen molar-refractivity contribution in [2.45, 2.75) is 51.6 Å². The molecule has 16 heavy (non-hydrogen) atoms. The Morgan fingerprint density at radius 1 is 1.62 bits per heavy atom. The van der Waals surface area contributed by atoms with Crippen molar-refractivity contribution in [1.29, 1.82) is 0 Å². The fourth-order valence-electron chi connectivity index (χ4n) is 1.82. The van der Waals surface area contributed by atoms with Gasteiger partial charge in [-0.2, -0.15) is 0 Å². The first-order valence-electron chi connectivity index (χ1n) is 5.91. The lowest BCUT2D eigenvalue weighted by atomic mass is 9.97. The molecule has 2 N–H and O–H groups in total. The summed E-state index contributed by atoms with van der Waals surface area (Å²) in [5.74, 6) is 0. The van der Waals surface area contributed by atoms with Gasteiger partial charge < -0.3 is 10.4 Å². The van der Waals surface area contributed by atoms with E-state index in [1.54, 1.807) is 11.3 Å². The molecule has 0 spiro atoms. The van der Waals surface area contributed by atoms with Crippen LogP contribution in [0, 0.1) is 0 Å². The number of aliphatic hydroxyl groups is 1. The lowest BCUT2D eigenvalue weighted by molar-refractivity contribution is 0.256. The molecule has 1 rings (SSSR count). The van der Waals surface area contributed by atoms with Gasteiger partial charge in [0.2, 0.25) is 0 Å². The minimum Gasteiger partial charge on any atom is -0.396 e. The minimum absolute atomic E-state index is 0.0387. The van der Waals surface area contributed by atoms with Crippen molar-refractivity contribution in [3.8, 4) is 0 Å². The van der Waals surface area contributed by atoms with Crippen molar-refractivity contribution in [3.05, 3.63) is 16.6 Å². The van der Waals surface area contributed by atoms with Crippen molar-refractivity contribution in [2.75, 3.05) is 6.61 Å². The lowest BCUT2D eigenvalue weighted by Gasteiger charge is -2.31. The Morgan fingerprint density at radius 3 is 2.88 bits per heavy atom. The van der Waals surface area contributed by atoms with Gasteiger partial charge in [-0.1, -0.05) is 6.92 Å². The molecule has 0 aliphatic carbocycles. The van der Waals surface area contributed by atoms with E-state index in [2.05, 4.69) is 31.1 Å². The zero-order valence-electron chi connectivity index (χ0n) is 10.4. The van der Waals surface area contributed by atoms with E-state index in [0.29, 0.717) is 6.04 Å². The SMILES string of the molecule is CCC(C)(NC(C)CCCO)c1nccs1. The molecule has 0 saturated heterocycles. The molecular formula is C12H22N2OS. The molecule has 0 aliphatic rings. The predicted molar refractivity (Wildman–Crippen MR) is 68.7 cm³/mol. The number of aromatic nitrogens is 1. The number of rotatable bonds is 7. The number of hydrogen-bond donors (Lipinski definition) is 2. The summed E-state index contributed by atoms with van der Waals surface area (Å²) in [6.45, 7) is 6.80. The summed E-state index contributed by atoms with van der Waals surface area (Å²) in [6.07, 6.45) is 4.72. The Hall–Kier alpha value is -0.450. The molecule has 1 aromatic heterocycles. The van der Waals surface area contributed by atoms with Crippen LogP contribution in [0.2, 0.25) is 0 Å². The summed E-state index contributed by atoms with van der Waals surface area (Å²) in [4.78, 5) is 4.40. The Bertz CT molecular complexity index is 289. The van der Waals surface area contributed by atoms with E-state index in [1.807, 2.05) is 11.6 Å². The predicted octanol–water partition coefficient (Wildman–Crippen LogP) is 2.52. The first-order valence-corrected chi connectivity index (χ1v) is 6.79. The van der Waals surface area contributed by atoms with E-state index in [9.17, 15) is 0 Å². The van der Waals surface area contributed by atoms with Gasteiger partial charge in [0.05, 0.1) is 5.54 Å². The summed E-state index contributed by atoms with van der Waals surface area (Å²) in [7, 11) is 0. The quantitative estimate of drug-likeness (QED) is 0.772. The molecule has 2 unspecified atom stereocenters. The highest BCUT2D eigenvalue weighted by molar-refractivity contribution is 7.09. The summed E-state index contributed by atoms with van der Waals surface area (Å²) >= 11 is 1.70. The number of thiazole rings is 1. The van der Waals surface area contributed by atoms with Crippen LogP contribution in [0.1, 0.15) is 45.0 Å². The molecule has 0 saturated carbocycles. The van der Waals surface area contributed by atoms with Crippen LogP contribution >= 0.6 is 11.3 Å². The highest BCUT2D eigenvalue weighted by Gasteiger charge is 2.28. The minimum atomic E-state index is -0.0387. The molecular weight excluding hydrogens is 220 g/mol. The van der Waals surface area contributed by atoms with Crippen LogP contribution < -0.4 is 5.32 Å². The average molecular weight is 242 g/mol. The van der Waals surface area contributed by atoms with Gasteiger partial charge in [0.25, 0.3) is 0 Å². The summed E-state index contributed by atoms with van der Waals surface area (Å²) in [5, 5.41) is 15.6. The van der Waals surface area contributed by atoms with Crippen LogP contribution in [0.4, 0.5) is 0 Å². The maximum Gasteiger partial charge on any atom is 0.112 e. The molecule has 0 aromatic carbocycles. The molecule has 2 atom stereocenters. The second-order valence-corrected chi connectivity index (χ2v) is 5.33. The highest BCUT2D eigenvalue weighted by Crippen LogP contribution is 2.27. The first-order chi connectivity index (χ1) is 7.62. The summed E-state index contributed by atoms with van der Waals surface area (Å²) in [5.41, 5.74) is -0.0387. The molecule has 3 nitrogen and oxygen atoms in total. The van der Waals surface area contributed by atoms with Crippen LogP contribution in [0.3, 0.4) is 0 Å². The van der Waals surface area contributed by atoms with Gasteiger partial charge in [0, 0.05) is 24.2 Å². The zero-order chi connectivity index (χ0) is 12.0. The van der Waals surface area contributed by atoms with Gasteiger partial charge in [0.1, 0.15) is 5.01 Å². The fraction of sp³-hybridized carbons (Fsp3) is 0.750. The van der Waals surface area contributed by atoms with Crippen molar-refractivity contribution >= 4 is 11.3 Å². The van der Waals surface area contributed by atoms with Crippen LogP contribution in [-0.2, 0) is 5.54 Å². The zero-order valence-corrected chi connectivity index (χ0v) is 11.2. The smallest absolute Gasteiger partial charge is 0.112 e. The van der Waals surface area contributed by atoms with Gasteiger partial charge >= 0.3 is 0 Å². The van der Waals surface area contributed by atoms with Crippen molar-refractivity contribution in [3.63, 3.8) is 0 Å². The third-order valence-corrected chi connectivity index (χ3v) is 4.01. The average Bonchev–Trinajstić information content (AvgIpc) is 2.80.